The van der Waals surface area contributed by atoms with E-state index >= 15 is 0 Å². The number of halogens is 7. The van der Waals surface area contributed by atoms with Crippen molar-refractivity contribution in [1.82, 2.24) is 0 Å². The second-order valence-corrected chi connectivity index (χ2v) is 5.25. The lowest BCUT2D eigenvalue weighted by molar-refractivity contribution is -0.221. The van der Waals surface area contributed by atoms with E-state index in [-0.39, 0.29) is 12.4 Å². The summed E-state index contributed by atoms with van der Waals surface area (Å²) in [6.07, 6.45) is -11.2. The molecule has 1 N–H and O–H groups in total. The molecule has 0 spiro atoms. The predicted octanol–water partition coefficient (Wildman–Crippen LogP) is 2.78. The SMILES string of the molecule is Cl.O=C(OC(=O)C(F)(F)F)C(F)(F)F.[O-][S+]1CNc2ccccc21. The number of carbonyl (C=O) groups excluding carboxylic acids is 2. The van der Waals surface area contributed by atoms with Gasteiger partial charge in [0.1, 0.15) is 0 Å². The van der Waals surface area contributed by atoms with Gasteiger partial charge in [-0.1, -0.05) is 12.1 Å². The van der Waals surface area contributed by atoms with Crippen molar-refractivity contribution in [1.29, 1.82) is 0 Å². The highest BCUT2D eigenvalue weighted by atomic mass is 35.5. The van der Waals surface area contributed by atoms with Crippen molar-refractivity contribution in [3.8, 4) is 0 Å². The minimum atomic E-state index is -5.62. The molecule has 0 radical (unpaired) electrons. The van der Waals surface area contributed by atoms with Crippen molar-refractivity contribution < 1.29 is 45.2 Å². The number of esters is 2. The molecule has 1 aromatic carbocycles. The largest absolute Gasteiger partial charge is 0.610 e. The number of para-hydroxylation sites is 1. The Kier molecular flexibility index (Phi) is 7.86. The number of fused-ring (bicyclic) bond motifs is 1. The molecule has 1 heterocycles. The summed E-state index contributed by atoms with van der Waals surface area (Å²) in [5, 5.41) is 3.05. The third kappa shape index (κ3) is 6.45. The first-order valence-corrected chi connectivity index (χ1v) is 6.86. The predicted molar refractivity (Wildman–Crippen MR) is 71.8 cm³/mol. The van der Waals surface area contributed by atoms with Crippen molar-refractivity contribution in [3.05, 3.63) is 24.3 Å². The van der Waals surface area contributed by atoms with Gasteiger partial charge in [0.15, 0.2) is 10.8 Å². The molecule has 0 saturated heterocycles. The van der Waals surface area contributed by atoms with Crippen LogP contribution in [0.4, 0.5) is 32.0 Å². The quantitative estimate of drug-likeness (QED) is 0.314. The van der Waals surface area contributed by atoms with Crippen LogP contribution in [0.25, 0.3) is 0 Å². The maximum Gasteiger partial charge on any atom is 0.491 e. The Morgan fingerprint density at radius 3 is 1.92 bits per heavy atom. The van der Waals surface area contributed by atoms with Gasteiger partial charge in [-0.2, -0.15) is 26.3 Å². The van der Waals surface area contributed by atoms with Crippen LogP contribution in [0, 0.1) is 0 Å². The first-order valence-electron chi connectivity index (χ1n) is 5.54. The van der Waals surface area contributed by atoms with Gasteiger partial charge in [-0.05, 0) is 12.1 Å². The Morgan fingerprint density at radius 1 is 1.04 bits per heavy atom. The topological polar surface area (TPSA) is 78.5 Å². The van der Waals surface area contributed by atoms with Crippen LogP contribution >= 0.6 is 12.4 Å². The molecule has 0 bridgehead atoms. The number of anilines is 1. The third-order valence-corrected chi connectivity index (χ3v) is 3.43. The van der Waals surface area contributed by atoms with Gasteiger partial charge in [0.25, 0.3) is 0 Å². The number of alkyl halides is 6. The number of rotatable bonds is 0. The number of carbonyl (C=O) groups is 2. The van der Waals surface area contributed by atoms with Gasteiger partial charge in [-0.25, -0.2) is 9.59 Å². The zero-order chi connectivity index (χ0) is 17.8. The van der Waals surface area contributed by atoms with Crippen LogP contribution in [0.1, 0.15) is 0 Å². The average molecular weight is 400 g/mol. The van der Waals surface area contributed by atoms with E-state index in [0.29, 0.717) is 5.88 Å². The molecule has 0 aliphatic carbocycles. The van der Waals surface area contributed by atoms with Gasteiger partial charge >= 0.3 is 24.3 Å². The summed E-state index contributed by atoms with van der Waals surface area (Å²) in [5.41, 5.74) is 1.01. The highest BCUT2D eigenvalue weighted by Crippen LogP contribution is 2.27. The summed E-state index contributed by atoms with van der Waals surface area (Å²) in [5.74, 6) is -5.83. The number of hydrogen-bond acceptors (Lipinski definition) is 5. The van der Waals surface area contributed by atoms with Gasteiger partial charge in [0.05, 0.1) is 5.69 Å². The Bertz CT molecular complexity index is 571. The van der Waals surface area contributed by atoms with E-state index in [2.05, 4.69) is 10.1 Å². The maximum absolute atomic E-state index is 11.2. The van der Waals surface area contributed by atoms with Crippen LogP contribution in [0.15, 0.2) is 29.2 Å². The van der Waals surface area contributed by atoms with Gasteiger partial charge in [-0.15, -0.1) is 12.4 Å². The molecule has 1 unspecified atom stereocenters. The molecule has 1 atom stereocenters. The summed E-state index contributed by atoms with van der Waals surface area (Å²) in [7, 11) is 0. The molecule has 136 valence electrons. The first-order chi connectivity index (χ1) is 10.4. The normalized spacial score (nSPS) is 15.9. The summed E-state index contributed by atoms with van der Waals surface area (Å²) in [6, 6.07) is 7.68. The fourth-order valence-electron chi connectivity index (χ4n) is 1.23. The van der Waals surface area contributed by atoms with Crippen LogP contribution in [0.5, 0.6) is 0 Å². The smallest absolute Gasteiger partial charge is 0.491 e. The zero-order valence-corrected chi connectivity index (χ0v) is 12.9. The molecule has 0 amide bonds. The molecule has 5 nitrogen and oxygen atoms in total. The summed E-state index contributed by atoms with van der Waals surface area (Å²) in [4.78, 5) is 20.2. The van der Waals surface area contributed by atoms with Crippen LogP contribution < -0.4 is 5.32 Å². The first kappa shape index (κ1) is 22.3. The molecule has 0 saturated carbocycles. The zero-order valence-electron chi connectivity index (χ0n) is 11.2. The van der Waals surface area contributed by atoms with Crippen molar-refractivity contribution in [2.45, 2.75) is 17.2 Å². The molecular formula is C11H8ClF6NO4S. The van der Waals surface area contributed by atoms with Gasteiger partial charge in [0.2, 0.25) is 0 Å². The third-order valence-electron chi connectivity index (χ3n) is 2.17. The fraction of sp³-hybridized carbons (Fsp3) is 0.273. The monoisotopic (exact) mass is 399 g/mol. The Balaban J connectivity index is 0.000000432. The number of ether oxygens (including phenoxy) is 1. The van der Waals surface area contributed by atoms with Crippen LogP contribution in [0.2, 0.25) is 0 Å². The lowest BCUT2D eigenvalue weighted by Gasteiger charge is -2.06. The number of hydrogen-bond donors (Lipinski definition) is 1. The fourth-order valence-corrected chi connectivity index (χ4v) is 2.29. The Labute approximate surface area is 139 Å². The van der Waals surface area contributed by atoms with E-state index in [9.17, 15) is 40.5 Å². The molecule has 1 aliphatic rings. The van der Waals surface area contributed by atoms with Crippen molar-refractivity contribution in [3.63, 3.8) is 0 Å². The maximum atomic E-state index is 11.2. The number of benzene rings is 1. The van der Waals surface area contributed by atoms with E-state index in [4.69, 9.17) is 0 Å². The molecule has 0 aromatic heterocycles. The van der Waals surface area contributed by atoms with Gasteiger partial charge in [-0.3, -0.25) is 0 Å². The van der Waals surface area contributed by atoms with E-state index in [0.717, 1.165) is 10.6 Å². The van der Waals surface area contributed by atoms with E-state index in [1.165, 1.54) is 0 Å². The summed E-state index contributed by atoms with van der Waals surface area (Å²) in [6.45, 7) is 0. The van der Waals surface area contributed by atoms with E-state index in [1.807, 2.05) is 24.3 Å². The molecule has 1 aromatic rings. The van der Waals surface area contributed by atoms with Crippen LogP contribution in [-0.4, -0.2) is 34.7 Å². The van der Waals surface area contributed by atoms with Gasteiger partial charge < -0.3 is 14.6 Å². The summed E-state index contributed by atoms with van der Waals surface area (Å²) < 4.78 is 80.8. The molecule has 1 aliphatic heterocycles. The lowest BCUT2D eigenvalue weighted by Crippen LogP contribution is -2.34. The molecule has 0 fully saturated rings. The molecule has 13 heteroatoms. The summed E-state index contributed by atoms with van der Waals surface area (Å²) >= 11 is -0.809. The van der Waals surface area contributed by atoms with Crippen molar-refractivity contribution >= 4 is 41.2 Å². The van der Waals surface area contributed by atoms with Crippen LogP contribution in [0.3, 0.4) is 0 Å². The standard InChI is InChI=1S/C7H7NOS.C4F6O3.ClH/c9-10-5-8-6-3-1-2-4-7(6)10;5-3(6,7)1(11)13-2(12)4(8,9)10;/h1-4,8H,5H2;;1H. The average Bonchev–Trinajstić information content (AvgIpc) is 2.80. The molecular weight excluding hydrogens is 392 g/mol. The van der Waals surface area contributed by atoms with E-state index in [1.54, 1.807) is 0 Å². The van der Waals surface area contributed by atoms with Crippen molar-refractivity contribution in [2.75, 3.05) is 11.2 Å². The lowest BCUT2D eigenvalue weighted by atomic mass is 10.3. The Hall–Kier alpha value is -1.66. The van der Waals surface area contributed by atoms with Gasteiger partial charge in [0, 0.05) is 11.2 Å². The minimum Gasteiger partial charge on any atom is -0.610 e. The van der Waals surface area contributed by atoms with E-state index < -0.39 is 35.5 Å². The highest BCUT2D eigenvalue weighted by Gasteiger charge is 2.49. The van der Waals surface area contributed by atoms with Crippen LogP contribution in [-0.2, 0) is 25.5 Å². The number of nitrogens with one attached hydrogen (secondary N) is 1. The minimum absolute atomic E-state index is 0. The second kappa shape index (κ2) is 8.44. The molecule has 2 rings (SSSR count). The van der Waals surface area contributed by atoms with Crippen molar-refractivity contribution in [2.24, 2.45) is 0 Å². The second-order valence-electron chi connectivity index (χ2n) is 3.84. The highest BCUT2D eigenvalue weighted by molar-refractivity contribution is 7.92. The Morgan fingerprint density at radius 2 is 1.50 bits per heavy atom. The molecule has 24 heavy (non-hydrogen) atoms.